The first-order valence-corrected chi connectivity index (χ1v) is 19.8. The molecule has 1 amide bonds. The summed E-state index contributed by atoms with van der Waals surface area (Å²) in [5, 5.41) is 25.1. The maximum absolute atomic E-state index is 14.1. The third-order valence-electron chi connectivity index (χ3n) is 10.5. The van der Waals surface area contributed by atoms with Crippen LogP contribution in [0.1, 0.15) is 109 Å². The van der Waals surface area contributed by atoms with Crippen LogP contribution in [0.4, 0.5) is 0 Å². The Labute approximate surface area is 335 Å². The zero-order chi connectivity index (χ0) is 42.5. The van der Waals surface area contributed by atoms with Crippen LogP contribution < -0.4 is 20.9 Å². The number of aliphatic carboxylic acids is 2. The monoisotopic (exact) mass is 804 g/mol. The number of cyclic esters (lactones) is 1. The van der Waals surface area contributed by atoms with Crippen LogP contribution in [-0.2, 0) is 63.4 Å². The van der Waals surface area contributed by atoms with Crippen LogP contribution in [0.2, 0.25) is 0 Å². The standard InChI is InChI=1S/C42H52N4O12/c1-7-25-26-18-24(57-35(48)10-9-15-43-31(39(51)52)16-22(3)4)11-12-30(26)45-37-27(25)20-46-33(37)19-29-28(38(46)50)21-56-41(55)42(29,8-2)58-36(49)14-13-34(47)44-32(40(53)54)17-23(5)6/h11-12,18-19,22-23,31-32,43H,7-10,13-17,20-21H2,1-6H3,(H,44,47)(H,51,52)(H,53,54). The molecular weight excluding hydrogens is 752 g/mol. The van der Waals surface area contributed by atoms with E-state index in [-0.39, 0.29) is 61.8 Å². The third-order valence-corrected chi connectivity index (χ3v) is 10.5. The first-order chi connectivity index (χ1) is 27.5. The van der Waals surface area contributed by atoms with Gasteiger partial charge < -0.3 is 39.6 Å². The average molecular weight is 805 g/mol. The van der Waals surface area contributed by atoms with E-state index in [1.165, 1.54) is 0 Å². The zero-order valence-electron chi connectivity index (χ0n) is 33.8. The van der Waals surface area contributed by atoms with Gasteiger partial charge in [-0.3, -0.25) is 24.0 Å². The van der Waals surface area contributed by atoms with Crippen molar-refractivity contribution in [2.45, 2.75) is 124 Å². The third kappa shape index (κ3) is 9.38. The number of esters is 3. The number of pyridine rings is 2. The molecule has 0 aliphatic carbocycles. The quantitative estimate of drug-likeness (QED) is 0.0587. The van der Waals surface area contributed by atoms with Crippen LogP contribution in [-0.4, -0.2) is 74.1 Å². The van der Waals surface area contributed by atoms with E-state index in [9.17, 15) is 43.8 Å². The Morgan fingerprint density at radius 3 is 2.24 bits per heavy atom. The maximum Gasteiger partial charge on any atom is 0.355 e. The molecule has 3 atom stereocenters. The summed E-state index contributed by atoms with van der Waals surface area (Å²) in [4.78, 5) is 94.2. The number of rotatable bonds is 19. The predicted octanol–water partition coefficient (Wildman–Crippen LogP) is 4.36. The van der Waals surface area contributed by atoms with Crippen LogP contribution in [0.15, 0.2) is 29.1 Å². The molecule has 2 aliphatic heterocycles. The van der Waals surface area contributed by atoms with Gasteiger partial charge >= 0.3 is 29.8 Å². The van der Waals surface area contributed by atoms with Gasteiger partial charge in [0.2, 0.25) is 11.5 Å². The van der Waals surface area contributed by atoms with Gasteiger partial charge in [-0.15, -0.1) is 0 Å². The maximum atomic E-state index is 14.1. The summed E-state index contributed by atoms with van der Waals surface area (Å²) >= 11 is 0. The van der Waals surface area contributed by atoms with Crippen molar-refractivity contribution in [3.05, 3.63) is 56.9 Å². The molecule has 0 spiro atoms. The highest BCUT2D eigenvalue weighted by Crippen LogP contribution is 2.42. The lowest BCUT2D eigenvalue weighted by Gasteiger charge is -2.35. The first-order valence-electron chi connectivity index (χ1n) is 19.8. The van der Waals surface area contributed by atoms with Crippen molar-refractivity contribution in [2.24, 2.45) is 11.8 Å². The fraction of sp³-hybridized carbons (Fsp3) is 0.524. The number of aryl methyl sites for hydroxylation is 1. The van der Waals surface area contributed by atoms with Crippen molar-refractivity contribution in [3.63, 3.8) is 0 Å². The molecule has 3 unspecified atom stereocenters. The number of benzene rings is 1. The smallest absolute Gasteiger partial charge is 0.355 e. The van der Waals surface area contributed by atoms with Gasteiger partial charge in [-0.2, -0.15) is 0 Å². The summed E-state index contributed by atoms with van der Waals surface area (Å²) in [7, 11) is 0. The van der Waals surface area contributed by atoms with Crippen LogP contribution in [0, 0.1) is 11.8 Å². The summed E-state index contributed by atoms with van der Waals surface area (Å²) in [6.07, 6.45) is 0.773. The predicted molar refractivity (Wildman–Crippen MR) is 210 cm³/mol. The number of carbonyl (C=O) groups excluding carboxylic acids is 4. The number of aromatic nitrogens is 2. The van der Waals surface area contributed by atoms with E-state index in [1.807, 2.05) is 34.6 Å². The molecule has 3 aromatic rings. The molecular formula is C42H52N4O12. The van der Waals surface area contributed by atoms with Crippen molar-refractivity contribution >= 4 is 46.7 Å². The molecule has 4 N–H and O–H groups in total. The lowest BCUT2D eigenvalue weighted by atomic mass is 9.85. The van der Waals surface area contributed by atoms with Crippen molar-refractivity contribution in [3.8, 4) is 17.1 Å². The Morgan fingerprint density at radius 1 is 0.914 bits per heavy atom. The van der Waals surface area contributed by atoms with Gasteiger partial charge in [0, 0.05) is 29.4 Å². The van der Waals surface area contributed by atoms with Gasteiger partial charge in [-0.1, -0.05) is 41.5 Å². The SMILES string of the molecule is CCc1c2c(nc3ccc(OC(=O)CCCNC(CC(C)C)C(=O)O)cc13)-c1cc3c(c(=O)n1C2)COC(=O)C3(CC)OC(=O)CCC(=O)NC(CC(C)C)C(=O)O. The van der Waals surface area contributed by atoms with Crippen molar-refractivity contribution in [1.29, 1.82) is 0 Å². The summed E-state index contributed by atoms with van der Waals surface area (Å²) < 4.78 is 18.4. The summed E-state index contributed by atoms with van der Waals surface area (Å²) in [5.74, 6) is -4.51. The number of ether oxygens (including phenoxy) is 3. The van der Waals surface area contributed by atoms with E-state index >= 15 is 0 Å². The number of hydrogen-bond acceptors (Lipinski definition) is 12. The molecule has 0 fully saturated rings. The van der Waals surface area contributed by atoms with E-state index in [2.05, 4.69) is 10.6 Å². The van der Waals surface area contributed by atoms with E-state index in [0.29, 0.717) is 48.5 Å². The lowest BCUT2D eigenvalue weighted by molar-refractivity contribution is -0.189. The molecule has 16 heteroatoms. The zero-order valence-corrected chi connectivity index (χ0v) is 33.8. The number of nitrogens with zero attached hydrogens (tertiary/aromatic N) is 2. The minimum Gasteiger partial charge on any atom is -0.480 e. The molecule has 0 saturated carbocycles. The molecule has 58 heavy (non-hydrogen) atoms. The number of fused-ring (bicyclic) bond motifs is 5. The highest BCUT2D eigenvalue weighted by Gasteiger charge is 2.50. The Balaban J connectivity index is 1.36. The van der Waals surface area contributed by atoms with E-state index in [0.717, 1.165) is 16.5 Å². The first kappa shape index (κ1) is 43.5. The van der Waals surface area contributed by atoms with Crippen LogP contribution in [0.3, 0.4) is 0 Å². The molecule has 1 aromatic carbocycles. The second-order valence-electron chi connectivity index (χ2n) is 15.6. The summed E-state index contributed by atoms with van der Waals surface area (Å²) in [5.41, 5.74) is 1.06. The van der Waals surface area contributed by atoms with Gasteiger partial charge in [0.1, 0.15) is 24.4 Å². The molecule has 16 nitrogen and oxygen atoms in total. The van der Waals surface area contributed by atoms with E-state index in [4.69, 9.17) is 19.2 Å². The van der Waals surface area contributed by atoms with E-state index < -0.39 is 65.4 Å². The van der Waals surface area contributed by atoms with Gasteiger partial charge in [-0.25, -0.2) is 14.6 Å². The molecule has 2 aromatic heterocycles. The fourth-order valence-electron chi connectivity index (χ4n) is 7.62. The number of carbonyl (C=O) groups is 6. The largest absolute Gasteiger partial charge is 0.480 e. The van der Waals surface area contributed by atoms with Crippen molar-refractivity contribution < 1.29 is 53.2 Å². The minimum absolute atomic E-state index is 0.0000772. The van der Waals surface area contributed by atoms with Gasteiger partial charge in [0.15, 0.2) is 0 Å². The summed E-state index contributed by atoms with van der Waals surface area (Å²) in [6.45, 7) is 11.3. The summed E-state index contributed by atoms with van der Waals surface area (Å²) in [6, 6.07) is 4.90. The molecule has 2 aliphatic rings. The van der Waals surface area contributed by atoms with Crippen molar-refractivity contribution in [1.82, 2.24) is 20.2 Å². The highest BCUT2D eigenvalue weighted by atomic mass is 16.6. The van der Waals surface area contributed by atoms with Crippen LogP contribution in [0.25, 0.3) is 22.3 Å². The molecule has 0 radical (unpaired) electrons. The normalized spacial score (nSPS) is 16.6. The number of carboxylic acid groups (broad SMARTS) is 2. The Bertz CT molecular complexity index is 2180. The molecule has 5 rings (SSSR count). The fourth-order valence-corrected chi connectivity index (χ4v) is 7.62. The average Bonchev–Trinajstić information content (AvgIpc) is 3.53. The Morgan fingerprint density at radius 2 is 1.60 bits per heavy atom. The topological polar surface area (TPSA) is 230 Å². The molecule has 0 saturated heterocycles. The highest BCUT2D eigenvalue weighted by molar-refractivity contribution is 5.92. The lowest BCUT2D eigenvalue weighted by Crippen LogP contribution is -2.47. The van der Waals surface area contributed by atoms with Crippen LogP contribution >= 0.6 is 0 Å². The second kappa shape index (κ2) is 18.3. The van der Waals surface area contributed by atoms with Crippen molar-refractivity contribution in [2.75, 3.05) is 6.54 Å². The van der Waals surface area contributed by atoms with Gasteiger partial charge in [0.05, 0.1) is 35.4 Å². The Kier molecular flexibility index (Phi) is 13.7. The number of carboxylic acids is 2. The van der Waals surface area contributed by atoms with Crippen LogP contribution in [0.5, 0.6) is 5.75 Å². The number of hydrogen-bond donors (Lipinski definition) is 4. The van der Waals surface area contributed by atoms with Gasteiger partial charge in [0.25, 0.3) is 5.56 Å². The minimum atomic E-state index is -1.98. The van der Waals surface area contributed by atoms with E-state index in [1.54, 1.807) is 35.8 Å². The van der Waals surface area contributed by atoms with Gasteiger partial charge in [-0.05, 0) is 80.3 Å². The molecule has 0 bridgehead atoms. The molecule has 312 valence electrons. The number of nitrogens with one attached hydrogen (secondary N) is 2. The Hall–Kier alpha value is -5.64. The second-order valence-corrected chi connectivity index (χ2v) is 15.6. The number of amides is 1. The molecule has 4 heterocycles.